The Bertz CT molecular complexity index is 546. The first-order valence-electron chi connectivity index (χ1n) is 7.16. The second kappa shape index (κ2) is 6.89. The average molecular weight is 311 g/mol. The fraction of sp³-hybridized carbons (Fsp3) is 0.533. The molecule has 0 radical (unpaired) electrons. The van der Waals surface area contributed by atoms with Gasteiger partial charge in [-0.2, -0.15) is 0 Å². The Morgan fingerprint density at radius 2 is 2.24 bits per heavy atom. The highest BCUT2D eigenvalue weighted by molar-refractivity contribution is 6.17. The minimum Gasteiger partial charge on any atom is -0.336 e. The van der Waals surface area contributed by atoms with Crippen molar-refractivity contribution < 1.29 is 9.72 Å². The molecule has 114 valence electrons. The zero-order valence-corrected chi connectivity index (χ0v) is 12.8. The maximum Gasteiger partial charge on any atom is 0.272 e. The SMILES string of the molecule is Cc1cc(C(=O)N2CCCCC2CCCl)ccc1[N+](=O)[O-]. The number of likely N-dealkylation sites (tertiary alicyclic amines) is 1. The number of carbonyl (C=O) groups is 1. The maximum atomic E-state index is 12.6. The Labute approximate surface area is 129 Å². The van der Waals surface area contributed by atoms with Gasteiger partial charge in [-0.15, -0.1) is 11.6 Å². The lowest BCUT2D eigenvalue weighted by molar-refractivity contribution is -0.385. The van der Waals surface area contributed by atoms with Gasteiger partial charge in [-0.25, -0.2) is 0 Å². The molecule has 1 fully saturated rings. The van der Waals surface area contributed by atoms with Gasteiger partial charge in [0.15, 0.2) is 0 Å². The number of hydrogen-bond acceptors (Lipinski definition) is 3. The van der Waals surface area contributed by atoms with Crippen LogP contribution in [0.2, 0.25) is 0 Å². The molecule has 1 aliphatic rings. The molecule has 1 amide bonds. The van der Waals surface area contributed by atoms with Crippen LogP contribution in [-0.4, -0.2) is 34.2 Å². The summed E-state index contributed by atoms with van der Waals surface area (Å²) in [6.45, 7) is 2.39. The van der Waals surface area contributed by atoms with Crippen molar-refractivity contribution in [1.29, 1.82) is 0 Å². The number of carbonyl (C=O) groups excluding carboxylic acids is 1. The number of rotatable bonds is 4. The molecular formula is C15H19ClN2O3. The largest absolute Gasteiger partial charge is 0.336 e. The number of aryl methyl sites for hydroxylation is 1. The highest BCUT2D eigenvalue weighted by atomic mass is 35.5. The van der Waals surface area contributed by atoms with Crippen molar-refractivity contribution in [1.82, 2.24) is 4.90 Å². The number of halogens is 1. The normalized spacial score (nSPS) is 18.6. The average Bonchev–Trinajstić information content (AvgIpc) is 2.47. The van der Waals surface area contributed by atoms with E-state index in [1.165, 1.54) is 6.07 Å². The molecular weight excluding hydrogens is 292 g/mol. The molecule has 1 heterocycles. The van der Waals surface area contributed by atoms with Gasteiger partial charge in [0.1, 0.15) is 0 Å². The number of alkyl halides is 1. The van der Waals surface area contributed by atoms with Crippen LogP contribution in [0.25, 0.3) is 0 Å². The van der Waals surface area contributed by atoms with E-state index < -0.39 is 4.92 Å². The van der Waals surface area contributed by atoms with Gasteiger partial charge in [0.25, 0.3) is 11.6 Å². The summed E-state index contributed by atoms with van der Waals surface area (Å²) in [6.07, 6.45) is 3.88. The first-order valence-corrected chi connectivity index (χ1v) is 7.70. The second-order valence-electron chi connectivity index (χ2n) is 5.38. The van der Waals surface area contributed by atoms with Gasteiger partial charge < -0.3 is 4.90 Å². The summed E-state index contributed by atoms with van der Waals surface area (Å²) in [5.74, 6) is 0.483. The lowest BCUT2D eigenvalue weighted by Gasteiger charge is -2.35. The summed E-state index contributed by atoms with van der Waals surface area (Å²) in [4.78, 5) is 24.9. The van der Waals surface area contributed by atoms with E-state index in [0.29, 0.717) is 17.0 Å². The monoisotopic (exact) mass is 310 g/mol. The Hall–Kier alpha value is -1.62. The quantitative estimate of drug-likeness (QED) is 0.485. The third-order valence-corrected chi connectivity index (χ3v) is 4.19. The highest BCUT2D eigenvalue weighted by Crippen LogP contribution is 2.24. The lowest BCUT2D eigenvalue weighted by atomic mass is 9.98. The van der Waals surface area contributed by atoms with Crippen molar-refractivity contribution in [3.63, 3.8) is 0 Å². The van der Waals surface area contributed by atoms with Crippen LogP contribution in [-0.2, 0) is 0 Å². The van der Waals surface area contributed by atoms with Crippen molar-refractivity contribution in [3.05, 3.63) is 39.4 Å². The van der Waals surface area contributed by atoms with E-state index in [1.54, 1.807) is 19.1 Å². The summed E-state index contributed by atoms with van der Waals surface area (Å²) in [5, 5.41) is 10.8. The number of hydrogen-bond donors (Lipinski definition) is 0. The summed E-state index contributed by atoms with van der Waals surface area (Å²) >= 11 is 5.82. The van der Waals surface area contributed by atoms with Gasteiger partial charge in [0.2, 0.25) is 0 Å². The van der Waals surface area contributed by atoms with E-state index >= 15 is 0 Å². The third-order valence-electron chi connectivity index (χ3n) is 3.97. The standard InChI is InChI=1S/C15H19ClN2O3/c1-11-10-12(5-6-14(11)18(20)21)15(19)17-9-3-2-4-13(17)7-8-16/h5-6,10,13H,2-4,7-9H2,1H3. The molecule has 1 aromatic rings. The molecule has 0 bridgehead atoms. The van der Waals surface area contributed by atoms with Gasteiger partial charge in [-0.3, -0.25) is 14.9 Å². The Kier molecular flexibility index (Phi) is 5.17. The van der Waals surface area contributed by atoms with Crippen molar-refractivity contribution >= 4 is 23.2 Å². The van der Waals surface area contributed by atoms with Crippen LogP contribution < -0.4 is 0 Å². The summed E-state index contributed by atoms with van der Waals surface area (Å²) < 4.78 is 0. The van der Waals surface area contributed by atoms with Gasteiger partial charge in [-0.1, -0.05) is 0 Å². The second-order valence-corrected chi connectivity index (χ2v) is 5.76. The molecule has 0 N–H and O–H groups in total. The van der Waals surface area contributed by atoms with E-state index in [9.17, 15) is 14.9 Å². The maximum absolute atomic E-state index is 12.6. The van der Waals surface area contributed by atoms with Crippen molar-refractivity contribution in [2.24, 2.45) is 0 Å². The Morgan fingerprint density at radius 1 is 1.48 bits per heavy atom. The molecule has 1 saturated heterocycles. The Morgan fingerprint density at radius 3 is 2.86 bits per heavy atom. The number of benzene rings is 1. The van der Waals surface area contributed by atoms with Gasteiger partial charge in [-0.05, 0) is 44.7 Å². The van der Waals surface area contributed by atoms with Crippen LogP contribution in [0.1, 0.15) is 41.6 Å². The van der Waals surface area contributed by atoms with Crippen molar-refractivity contribution in [3.8, 4) is 0 Å². The molecule has 0 aliphatic carbocycles. The van der Waals surface area contributed by atoms with E-state index in [2.05, 4.69) is 0 Å². The molecule has 0 saturated carbocycles. The molecule has 1 aromatic carbocycles. The van der Waals surface area contributed by atoms with Crippen molar-refractivity contribution in [2.75, 3.05) is 12.4 Å². The zero-order valence-electron chi connectivity index (χ0n) is 12.0. The molecule has 2 rings (SSSR count). The molecule has 0 aromatic heterocycles. The minimum atomic E-state index is -0.430. The highest BCUT2D eigenvalue weighted by Gasteiger charge is 2.27. The third kappa shape index (κ3) is 3.53. The van der Waals surface area contributed by atoms with E-state index in [0.717, 1.165) is 32.2 Å². The summed E-state index contributed by atoms with van der Waals surface area (Å²) in [5.41, 5.74) is 1.07. The van der Waals surface area contributed by atoms with Crippen LogP contribution in [0.5, 0.6) is 0 Å². The molecule has 5 nitrogen and oxygen atoms in total. The van der Waals surface area contributed by atoms with E-state index in [-0.39, 0.29) is 17.6 Å². The summed E-state index contributed by atoms with van der Waals surface area (Å²) in [6, 6.07) is 4.73. The van der Waals surface area contributed by atoms with Crippen LogP contribution in [0.15, 0.2) is 18.2 Å². The first kappa shape index (κ1) is 15.8. The topological polar surface area (TPSA) is 63.5 Å². The molecule has 21 heavy (non-hydrogen) atoms. The van der Waals surface area contributed by atoms with Crippen LogP contribution in [0.4, 0.5) is 5.69 Å². The Balaban J connectivity index is 2.22. The molecule has 6 heteroatoms. The van der Waals surface area contributed by atoms with Gasteiger partial charge >= 0.3 is 0 Å². The van der Waals surface area contributed by atoms with Gasteiger partial charge in [0, 0.05) is 35.7 Å². The number of piperidine rings is 1. The van der Waals surface area contributed by atoms with Crippen molar-refractivity contribution in [2.45, 2.75) is 38.6 Å². The predicted molar refractivity (Wildman–Crippen MR) is 81.8 cm³/mol. The minimum absolute atomic E-state index is 0.0440. The first-order chi connectivity index (χ1) is 10.0. The fourth-order valence-corrected chi connectivity index (χ4v) is 3.11. The van der Waals surface area contributed by atoms with Crippen LogP contribution in [0.3, 0.4) is 0 Å². The van der Waals surface area contributed by atoms with Crippen LogP contribution in [0, 0.1) is 17.0 Å². The van der Waals surface area contributed by atoms with Gasteiger partial charge in [0.05, 0.1) is 4.92 Å². The van der Waals surface area contributed by atoms with E-state index in [4.69, 9.17) is 11.6 Å². The lowest BCUT2D eigenvalue weighted by Crippen LogP contribution is -2.44. The predicted octanol–water partition coefficient (Wildman–Crippen LogP) is 3.53. The van der Waals surface area contributed by atoms with Crippen LogP contribution >= 0.6 is 11.6 Å². The number of nitrogens with zero attached hydrogens (tertiary/aromatic N) is 2. The molecule has 1 unspecified atom stereocenters. The fourth-order valence-electron chi connectivity index (χ4n) is 2.85. The number of nitro benzene ring substituents is 1. The zero-order chi connectivity index (χ0) is 15.4. The number of amides is 1. The molecule has 0 spiro atoms. The van der Waals surface area contributed by atoms with E-state index in [1.807, 2.05) is 4.90 Å². The smallest absolute Gasteiger partial charge is 0.272 e. The number of nitro groups is 1. The molecule has 1 aliphatic heterocycles. The summed E-state index contributed by atoms with van der Waals surface area (Å²) in [7, 11) is 0. The molecule has 1 atom stereocenters.